The van der Waals surface area contributed by atoms with Crippen LogP contribution in [-0.2, 0) is 9.59 Å². The number of rotatable bonds is 5. The Morgan fingerprint density at radius 3 is 2.61 bits per heavy atom. The third-order valence-electron chi connectivity index (χ3n) is 2.15. The van der Waals surface area contributed by atoms with Gasteiger partial charge in [0, 0.05) is 12.4 Å². The van der Waals surface area contributed by atoms with E-state index in [1.54, 1.807) is 19.2 Å². The van der Waals surface area contributed by atoms with Gasteiger partial charge in [0.2, 0.25) is 5.91 Å². The van der Waals surface area contributed by atoms with Crippen LogP contribution in [0, 0.1) is 6.92 Å². The van der Waals surface area contributed by atoms with E-state index >= 15 is 0 Å². The maximum atomic E-state index is 11.7. The zero-order valence-electron chi connectivity index (χ0n) is 9.71. The summed E-state index contributed by atoms with van der Waals surface area (Å²) >= 11 is 0. The summed E-state index contributed by atoms with van der Waals surface area (Å²) in [7, 11) is 0. The summed E-state index contributed by atoms with van der Waals surface area (Å²) in [6, 6.07) is 0.224. The fourth-order valence-electron chi connectivity index (χ4n) is 1.32. The van der Waals surface area contributed by atoms with E-state index in [9.17, 15) is 14.4 Å². The van der Waals surface area contributed by atoms with Crippen molar-refractivity contribution in [3.8, 4) is 0 Å². The molecular weight excluding hydrogens is 238 g/mol. The van der Waals surface area contributed by atoms with Crippen molar-refractivity contribution in [1.29, 1.82) is 0 Å². The highest BCUT2D eigenvalue weighted by Gasteiger charge is 2.22. The molecule has 4 N–H and O–H groups in total. The van der Waals surface area contributed by atoms with Crippen LogP contribution < -0.4 is 11.1 Å². The second-order valence-corrected chi connectivity index (χ2v) is 3.79. The van der Waals surface area contributed by atoms with Crippen molar-refractivity contribution in [2.75, 3.05) is 0 Å². The molecule has 0 saturated carbocycles. The number of aryl methyl sites for hydroxylation is 1. The maximum Gasteiger partial charge on any atom is 0.326 e. The van der Waals surface area contributed by atoms with Crippen molar-refractivity contribution in [2.24, 2.45) is 5.73 Å². The molecule has 0 saturated heterocycles. The van der Waals surface area contributed by atoms with Crippen molar-refractivity contribution in [3.63, 3.8) is 0 Å². The molecule has 0 spiro atoms. The van der Waals surface area contributed by atoms with Crippen molar-refractivity contribution < 1.29 is 19.5 Å². The lowest BCUT2D eigenvalue weighted by Crippen LogP contribution is -2.43. The number of primary amides is 1. The fourth-order valence-corrected chi connectivity index (χ4v) is 1.32. The van der Waals surface area contributed by atoms with Gasteiger partial charge >= 0.3 is 5.97 Å². The number of carbonyl (C=O) groups is 3. The zero-order valence-corrected chi connectivity index (χ0v) is 9.71. The predicted molar refractivity (Wildman–Crippen MR) is 61.7 cm³/mol. The van der Waals surface area contributed by atoms with Crippen LogP contribution in [0.1, 0.15) is 22.3 Å². The van der Waals surface area contributed by atoms with Gasteiger partial charge in [-0.15, -0.1) is 0 Å². The Balaban J connectivity index is 2.78. The van der Waals surface area contributed by atoms with Crippen molar-refractivity contribution >= 4 is 17.8 Å². The molecule has 0 aliphatic rings. The van der Waals surface area contributed by atoms with E-state index in [2.05, 4.69) is 10.3 Å². The minimum absolute atomic E-state index is 0.228. The molecule has 0 aromatic carbocycles. The number of hydrogen-bond acceptors (Lipinski definition) is 4. The number of nitrogens with one attached hydrogen (secondary N) is 1. The molecule has 0 unspecified atom stereocenters. The molecule has 0 radical (unpaired) electrons. The number of amides is 2. The molecule has 1 atom stereocenters. The Morgan fingerprint density at radius 2 is 2.11 bits per heavy atom. The standard InChI is InChI=1S/C11H13N3O4/c1-6-2-7(5-13-4-6)10(16)14-8(11(17)18)3-9(12)15/h2,4-5,8H,3H2,1H3,(H2,12,15)(H,14,16)(H,17,18)/t8-/m0/s1. The van der Waals surface area contributed by atoms with Gasteiger partial charge in [0.1, 0.15) is 6.04 Å². The van der Waals surface area contributed by atoms with Crippen LogP contribution in [0.15, 0.2) is 18.5 Å². The van der Waals surface area contributed by atoms with E-state index in [-0.39, 0.29) is 5.56 Å². The van der Waals surface area contributed by atoms with Crippen LogP contribution in [0.5, 0.6) is 0 Å². The van der Waals surface area contributed by atoms with Crippen LogP contribution in [0.4, 0.5) is 0 Å². The Labute approximate surface area is 103 Å². The molecule has 1 aromatic rings. The smallest absolute Gasteiger partial charge is 0.326 e. The highest BCUT2D eigenvalue weighted by Crippen LogP contribution is 2.02. The van der Waals surface area contributed by atoms with E-state index in [4.69, 9.17) is 10.8 Å². The lowest BCUT2D eigenvalue weighted by Gasteiger charge is -2.12. The largest absolute Gasteiger partial charge is 0.480 e. The SMILES string of the molecule is Cc1cncc(C(=O)N[C@@H](CC(N)=O)C(=O)O)c1. The molecular formula is C11H13N3O4. The summed E-state index contributed by atoms with van der Waals surface area (Å²) in [5.41, 5.74) is 5.90. The average Bonchev–Trinajstić information content (AvgIpc) is 2.27. The summed E-state index contributed by atoms with van der Waals surface area (Å²) in [5.74, 6) is -2.73. The normalized spacial score (nSPS) is 11.6. The first kappa shape index (κ1) is 13.6. The molecule has 0 fully saturated rings. The Hall–Kier alpha value is -2.44. The summed E-state index contributed by atoms with van der Waals surface area (Å²) in [4.78, 5) is 37.1. The molecule has 1 aromatic heterocycles. The second kappa shape index (κ2) is 5.76. The van der Waals surface area contributed by atoms with Crippen molar-refractivity contribution in [2.45, 2.75) is 19.4 Å². The van der Waals surface area contributed by atoms with E-state index < -0.39 is 30.2 Å². The average molecular weight is 251 g/mol. The topological polar surface area (TPSA) is 122 Å². The number of carbonyl (C=O) groups excluding carboxylic acids is 2. The molecule has 1 heterocycles. The van der Waals surface area contributed by atoms with Crippen LogP contribution in [-0.4, -0.2) is 33.9 Å². The third-order valence-corrected chi connectivity index (χ3v) is 2.15. The number of nitrogens with zero attached hydrogens (tertiary/aromatic N) is 1. The Bertz CT molecular complexity index is 487. The maximum absolute atomic E-state index is 11.7. The van der Waals surface area contributed by atoms with E-state index in [1.807, 2.05) is 0 Å². The first-order valence-electron chi connectivity index (χ1n) is 5.13. The third kappa shape index (κ3) is 3.85. The lowest BCUT2D eigenvalue weighted by atomic mass is 10.1. The summed E-state index contributed by atoms with van der Waals surface area (Å²) < 4.78 is 0. The predicted octanol–water partition coefficient (Wildman–Crippen LogP) is -0.552. The number of aliphatic carboxylic acids is 1. The van der Waals surface area contributed by atoms with E-state index in [0.29, 0.717) is 0 Å². The van der Waals surface area contributed by atoms with Gasteiger partial charge in [0.25, 0.3) is 5.91 Å². The fraction of sp³-hybridized carbons (Fsp3) is 0.273. The van der Waals surface area contributed by atoms with Gasteiger partial charge in [0.15, 0.2) is 0 Å². The Kier molecular flexibility index (Phi) is 4.36. The van der Waals surface area contributed by atoms with Gasteiger partial charge in [0.05, 0.1) is 12.0 Å². The second-order valence-electron chi connectivity index (χ2n) is 3.79. The van der Waals surface area contributed by atoms with Gasteiger partial charge in [-0.3, -0.25) is 14.6 Å². The van der Waals surface area contributed by atoms with Crippen LogP contribution in [0.3, 0.4) is 0 Å². The van der Waals surface area contributed by atoms with Gasteiger partial charge in [-0.05, 0) is 18.6 Å². The van der Waals surface area contributed by atoms with E-state index in [1.165, 1.54) is 6.20 Å². The first-order chi connectivity index (χ1) is 8.40. The molecule has 2 amide bonds. The molecule has 1 rings (SSSR count). The summed E-state index contributed by atoms with van der Waals surface area (Å²) in [6.07, 6.45) is 2.42. The highest BCUT2D eigenvalue weighted by atomic mass is 16.4. The molecule has 7 heteroatoms. The van der Waals surface area contributed by atoms with Gasteiger partial charge in [-0.25, -0.2) is 4.79 Å². The minimum atomic E-state index is -1.34. The monoisotopic (exact) mass is 251 g/mol. The number of nitrogens with two attached hydrogens (primary N) is 1. The molecule has 0 aliphatic heterocycles. The minimum Gasteiger partial charge on any atom is -0.480 e. The van der Waals surface area contributed by atoms with Crippen LogP contribution in [0.2, 0.25) is 0 Å². The van der Waals surface area contributed by atoms with Crippen LogP contribution >= 0.6 is 0 Å². The van der Waals surface area contributed by atoms with Gasteiger partial charge in [-0.2, -0.15) is 0 Å². The number of pyridine rings is 1. The number of hydrogen-bond donors (Lipinski definition) is 3. The molecule has 7 nitrogen and oxygen atoms in total. The summed E-state index contributed by atoms with van der Waals surface area (Å²) in [5, 5.41) is 11.0. The van der Waals surface area contributed by atoms with Gasteiger partial charge in [-0.1, -0.05) is 0 Å². The Morgan fingerprint density at radius 1 is 1.44 bits per heavy atom. The lowest BCUT2D eigenvalue weighted by molar-refractivity contribution is -0.140. The van der Waals surface area contributed by atoms with Crippen molar-refractivity contribution in [3.05, 3.63) is 29.6 Å². The summed E-state index contributed by atoms with van der Waals surface area (Å²) in [6.45, 7) is 1.75. The van der Waals surface area contributed by atoms with Gasteiger partial charge < -0.3 is 16.2 Å². The molecule has 18 heavy (non-hydrogen) atoms. The van der Waals surface area contributed by atoms with Crippen molar-refractivity contribution in [1.82, 2.24) is 10.3 Å². The number of carboxylic acid groups (broad SMARTS) is 1. The number of aromatic nitrogens is 1. The molecule has 0 bridgehead atoms. The molecule has 96 valence electrons. The number of carboxylic acids is 1. The quantitative estimate of drug-likeness (QED) is 0.648. The van der Waals surface area contributed by atoms with Crippen LogP contribution in [0.25, 0.3) is 0 Å². The first-order valence-corrected chi connectivity index (χ1v) is 5.13. The highest BCUT2D eigenvalue weighted by molar-refractivity contribution is 5.97. The van der Waals surface area contributed by atoms with E-state index in [0.717, 1.165) is 5.56 Å². The molecule has 0 aliphatic carbocycles. The zero-order chi connectivity index (χ0) is 13.7.